The number of hydrogen-bond acceptors (Lipinski definition) is 4. The van der Waals surface area contributed by atoms with E-state index in [1.807, 2.05) is 0 Å². The molecule has 1 aromatic heterocycles. The largest absolute Gasteiger partial charge is 0.361 e. The highest BCUT2D eigenvalue weighted by Gasteiger charge is 2.13. The Morgan fingerprint density at radius 3 is 2.36 bits per heavy atom. The second-order valence-corrected chi connectivity index (χ2v) is 5.74. The van der Waals surface area contributed by atoms with Crippen LogP contribution in [0.3, 0.4) is 0 Å². The van der Waals surface area contributed by atoms with E-state index in [4.69, 9.17) is 9.52 Å². The monoisotopic (exact) mass is 465 g/mol. The zero-order chi connectivity index (χ0) is 17.8. The molecule has 0 amide bonds. The average Bonchev–Trinajstić information content (AvgIpc) is 3.01. The van der Waals surface area contributed by atoms with Crippen LogP contribution in [0.2, 0.25) is 0 Å². The first-order valence-electron chi connectivity index (χ1n) is 9.40. The quantitative estimate of drug-likeness (QED) is 0.228. The zero-order valence-electron chi connectivity index (χ0n) is 16.5. The SMILES string of the molecule is CCNC(=NCc1c(CC)noc1CC)NCCCN(CC)CC.I. The highest BCUT2D eigenvalue weighted by atomic mass is 127. The molecule has 0 bridgehead atoms. The lowest BCUT2D eigenvalue weighted by molar-refractivity contribution is 0.300. The summed E-state index contributed by atoms with van der Waals surface area (Å²) >= 11 is 0. The van der Waals surface area contributed by atoms with Gasteiger partial charge in [0.25, 0.3) is 0 Å². The Bertz CT molecular complexity index is 464. The third-order valence-corrected chi connectivity index (χ3v) is 4.18. The van der Waals surface area contributed by atoms with E-state index in [1.54, 1.807) is 0 Å². The van der Waals surface area contributed by atoms with Gasteiger partial charge < -0.3 is 20.1 Å². The molecule has 146 valence electrons. The van der Waals surface area contributed by atoms with Gasteiger partial charge in [-0.2, -0.15) is 0 Å². The summed E-state index contributed by atoms with van der Waals surface area (Å²) in [6.45, 7) is 16.4. The van der Waals surface area contributed by atoms with Gasteiger partial charge in [0.1, 0.15) is 5.76 Å². The maximum absolute atomic E-state index is 5.41. The number of halogens is 1. The molecule has 0 unspecified atom stereocenters. The van der Waals surface area contributed by atoms with E-state index in [0.29, 0.717) is 6.54 Å². The Morgan fingerprint density at radius 1 is 1.08 bits per heavy atom. The summed E-state index contributed by atoms with van der Waals surface area (Å²) < 4.78 is 5.41. The number of guanidine groups is 1. The molecule has 2 N–H and O–H groups in total. The van der Waals surface area contributed by atoms with Crippen LogP contribution < -0.4 is 10.6 Å². The van der Waals surface area contributed by atoms with Gasteiger partial charge in [-0.05, 0) is 39.4 Å². The molecule has 0 atom stereocenters. The Balaban J connectivity index is 0.00000576. The number of rotatable bonds is 11. The smallest absolute Gasteiger partial charge is 0.191 e. The first kappa shape index (κ1) is 24.2. The van der Waals surface area contributed by atoms with Crippen LogP contribution in [0.25, 0.3) is 0 Å². The van der Waals surface area contributed by atoms with Crippen molar-refractivity contribution < 1.29 is 4.52 Å². The predicted molar refractivity (Wildman–Crippen MR) is 116 cm³/mol. The van der Waals surface area contributed by atoms with Gasteiger partial charge in [0, 0.05) is 25.1 Å². The Hall–Kier alpha value is -0.830. The molecule has 0 radical (unpaired) electrons. The molecule has 6 nitrogen and oxygen atoms in total. The fourth-order valence-electron chi connectivity index (χ4n) is 2.67. The van der Waals surface area contributed by atoms with Crippen LogP contribution >= 0.6 is 24.0 Å². The second-order valence-electron chi connectivity index (χ2n) is 5.74. The van der Waals surface area contributed by atoms with Crippen molar-refractivity contribution in [1.82, 2.24) is 20.7 Å². The summed E-state index contributed by atoms with van der Waals surface area (Å²) in [6.07, 6.45) is 2.84. The fourth-order valence-corrected chi connectivity index (χ4v) is 2.67. The minimum atomic E-state index is 0. The van der Waals surface area contributed by atoms with Crippen molar-refractivity contribution in [3.63, 3.8) is 0 Å². The highest BCUT2D eigenvalue weighted by Crippen LogP contribution is 2.16. The maximum Gasteiger partial charge on any atom is 0.191 e. The fraction of sp³-hybridized carbons (Fsp3) is 0.778. The van der Waals surface area contributed by atoms with Crippen molar-refractivity contribution >= 4 is 29.9 Å². The molecular formula is C18H36IN5O. The lowest BCUT2D eigenvalue weighted by Gasteiger charge is -2.18. The minimum Gasteiger partial charge on any atom is -0.361 e. The van der Waals surface area contributed by atoms with Crippen molar-refractivity contribution in [3.05, 3.63) is 17.0 Å². The van der Waals surface area contributed by atoms with Gasteiger partial charge in [-0.3, -0.25) is 0 Å². The third kappa shape index (κ3) is 8.40. The molecule has 1 heterocycles. The molecule has 0 fully saturated rings. The van der Waals surface area contributed by atoms with E-state index in [-0.39, 0.29) is 24.0 Å². The molecular weight excluding hydrogens is 429 g/mol. The topological polar surface area (TPSA) is 65.7 Å². The Kier molecular flexibility index (Phi) is 13.9. The molecule has 0 saturated carbocycles. The molecule has 0 spiro atoms. The molecule has 1 rings (SSSR count). The van der Waals surface area contributed by atoms with Crippen LogP contribution in [0.4, 0.5) is 0 Å². The number of aromatic nitrogens is 1. The Labute approximate surface area is 170 Å². The van der Waals surface area contributed by atoms with Crippen molar-refractivity contribution in [2.75, 3.05) is 32.7 Å². The normalized spacial score (nSPS) is 11.5. The molecule has 0 saturated heterocycles. The molecule has 0 aliphatic carbocycles. The zero-order valence-corrected chi connectivity index (χ0v) is 18.9. The van der Waals surface area contributed by atoms with Gasteiger partial charge in [-0.1, -0.05) is 32.9 Å². The van der Waals surface area contributed by atoms with E-state index in [0.717, 1.165) is 75.0 Å². The van der Waals surface area contributed by atoms with Crippen molar-refractivity contribution in [1.29, 1.82) is 0 Å². The first-order chi connectivity index (χ1) is 11.7. The summed E-state index contributed by atoms with van der Waals surface area (Å²) in [6, 6.07) is 0. The van der Waals surface area contributed by atoms with Gasteiger partial charge in [0.05, 0.1) is 12.2 Å². The number of aliphatic imine (C=N–C) groups is 1. The average molecular weight is 465 g/mol. The first-order valence-corrected chi connectivity index (χ1v) is 9.40. The van der Waals surface area contributed by atoms with E-state index < -0.39 is 0 Å². The summed E-state index contributed by atoms with van der Waals surface area (Å²) in [7, 11) is 0. The summed E-state index contributed by atoms with van der Waals surface area (Å²) in [4.78, 5) is 7.15. The number of nitrogens with one attached hydrogen (secondary N) is 2. The summed E-state index contributed by atoms with van der Waals surface area (Å²) in [5.74, 6) is 1.82. The van der Waals surface area contributed by atoms with Gasteiger partial charge in [-0.25, -0.2) is 4.99 Å². The molecule has 1 aromatic rings. The van der Waals surface area contributed by atoms with E-state index >= 15 is 0 Å². The second kappa shape index (κ2) is 14.4. The molecule has 25 heavy (non-hydrogen) atoms. The standard InChI is InChI=1S/C18H35N5O.HI/c1-6-16-15(17(7-2)24-22-16)14-21-18(19-8-3)20-12-11-13-23(9-4)10-5;/h6-14H2,1-5H3,(H2,19,20,21);1H. The van der Waals surface area contributed by atoms with E-state index in [2.05, 4.69) is 55.3 Å². The van der Waals surface area contributed by atoms with Crippen LogP contribution in [-0.2, 0) is 19.4 Å². The van der Waals surface area contributed by atoms with E-state index in [1.165, 1.54) is 0 Å². The van der Waals surface area contributed by atoms with Crippen LogP contribution in [-0.4, -0.2) is 48.7 Å². The maximum atomic E-state index is 5.41. The Morgan fingerprint density at radius 2 is 1.80 bits per heavy atom. The van der Waals surface area contributed by atoms with Gasteiger partial charge in [0.2, 0.25) is 0 Å². The lowest BCUT2D eigenvalue weighted by Crippen LogP contribution is -2.38. The number of aryl methyl sites for hydroxylation is 2. The van der Waals surface area contributed by atoms with Crippen LogP contribution in [0.15, 0.2) is 9.52 Å². The minimum absolute atomic E-state index is 0. The number of nitrogens with zero attached hydrogens (tertiary/aromatic N) is 3. The highest BCUT2D eigenvalue weighted by molar-refractivity contribution is 14.0. The van der Waals surface area contributed by atoms with Crippen molar-refractivity contribution in [3.8, 4) is 0 Å². The lowest BCUT2D eigenvalue weighted by atomic mass is 10.1. The molecule has 0 aliphatic rings. The van der Waals surface area contributed by atoms with Crippen molar-refractivity contribution in [2.24, 2.45) is 4.99 Å². The van der Waals surface area contributed by atoms with Crippen molar-refractivity contribution in [2.45, 2.75) is 60.4 Å². The van der Waals surface area contributed by atoms with Crippen LogP contribution in [0.1, 0.15) is 58.1 Å². The summed E-state index contributed by atoms with van der Waals surface area (Å²) in [5, 5.41) is 10.9. The van der Waals surface area contributed by atoms with Gasteiger partial charge in [0.15, 0.2) is 5.96 Å². The summed E-state index contributed by atoms with van der Waals surface area (Å²) in [5.41, 5.74) is 2.16. The van der Waals surface area contributed by atoms with Gasteiger partial charge in [-0.15, -0.1) is 24.0 Å². The number of hydrogen-bond donors (Lipinski definition) is 2. The van der Waals surface area contributed by atoms with Crippen LogP contribution in [0, 0.1) is 0 Å². The van der Waals surface area contributed by atoms with E-state index in [9.17, 15) is 0 Å². The molecule has 0 aliphatic heterocycles. The van der Waals surface area contributed by atoms with Gasteiger partial charge >= 0.3 is 0 Å². The predicted octanol–water partition coefficient (Wildman–Crippen LogP) is 3.20. The molecule has 7 heteroatoms. The molecule has 0 aromatic carbocycles. The third-order valence-electron chi connectivity index (χ3n) is 4.18. The van der Waals surface area contributed by atoms with Crippen LogP contribution in [0.5, 0.6) is 0 Å².